The first-order chi connectivity index (χ1) is 7.22. The molecule has 0 saturated carbocycles. The minimum atomic E-state index is 0.470. The van der Waals surface area contributed by atoms with Gasteiger partial charge in [0.2, 0.25) is 0 Å². The van der Waals surface area contributed by atoms with E-state index in [1.54, 1.807) is 25.1 Å². The third-order valence-corrected chi connectivity index (χ3v) is 2.36. The fourth-order valence-electron chi connectivity index (χ4n) is 1.36. The number of rotatable bonds is 2. The average Bonchev–Trinajstić information content (AvgIpc) is 2.59. The van der Waals surface area contributed by atoms with Gasteiger partial charge in [-0.25, -0.2) is 0 Å². The summed E-state index contributed by atoms with van der Waals surface area (Å²) in [6.07, 6.45) is 0.738. The van der Waals surface area contributed by atoms with Crippen molar-refractivity contribution in [2.45, 2.75) is 6.92 Å². The molecule has 15 heavy (non-hydrogen) atoms. The van der Waals surface area contributed by atoms with E-state index in [0.717, 1.165) is 11.8 Å². The predicted molar refractivity (Wildman–Crippen MR) is 57.1 cm³/mol. The van der Waals surface area contributed by atoms with Crippen LogP contribution in [0.15, 0.2) is 28.8 Å². The number of hydrogen-bond donors (Lipinski definition) is 0. The second kappa shape index (κ2) is 3.87. The third kappa shape index (κ3) is 1.78. The summed E-state index contributed by atoms with van der Waals surface area (Å²) < 4.78 is 4.96. The predicted octanol–water partition coefficient (Wildman–Crippen LogP) is 3.12. The highest BCUT2D eigenvalue weighted by molar-refractivity contribution is 6.30. The lowest BCUT2D eigenvalue weighted by Crippen LogP contribution is -1.85. The van der Waals surface area contributed by atoms with Gasteiger partial charge < -0.3 is 4.52 Å². The Morgan fingerprint density at radius 1 is 1.47 bits per heavy atom. The van der Waals surface area contributed by atoms with Crippen LogP contribution in [0.1, 0.15) is 16.1 Å². The maximum atomic E-state index is 10.8. The molecular weight excluding hydrogens is 214 g/mol. The van der Waals surface area contributed by atoms with E-state index in [0.29, 0.717) is 22.0 Å². The summed E-state index contributed by atoms with van der Waals surface area (Å²) in [4.78, 5) is 10.8. The SMILES string of the molecule is Cc1onc(-c2cccc(Cl)c2)c1C=O. The summed E-state index contributed by atoms with van der Waals surface area (Å²) in [5, 5.41) is 4.43. The molecule has 0 atom stereocenters. The standard InChI is InChI=1S/C11H8ClNO2/c1-7-10(6-14)11(13-15-7)8-3-2-4-9(12)5-8/h2-6H,1H3. The fraction of sp³-hybridized carbons (Fsp3) is 0.0909. The van der Waals surface area contributed by atoms with Crippen LogP contribution in [0, 0.1) is 6.92 Å². The Labute approximate surface area is 91.6 Å². The summed E-state index contributed by atoms with van der Waals surface area (Å²) in [5.41, 5.74) is 1.78. The lowest BCUT2D eigenvalue weighted by molar-refractivity contribution is 0.112. The van der Waals surface area contributed by atoms with Crippen molar-refractivity contribution < 1.29 is 9.32 Å². The average molecular weight is 222 g/mol. The molecule has 0 amide bonds. The Kier molecular flexibility index (Phi) is 2.56. The first-order valence-corrected chi connectivity index (χ1v) is 4.77. The zero-order valence-electron chi connectivity index (χ0n) is 8.03. The van der Waals surface area contributed by atoms with Crippen LogP contribution in [0.25, 0.3) is 11.3 Å². The van der Waals surface area contributed by atoms with Crippen molar-refractivity contribution >= 4 is 17.9 Å². The van der Waals surface area contributed by atoms with Crippen LogP contribution in [0.3, 0.4) is 0 Å². The number of carbonyl (C=O) groups is 1. The van der Waals surface area contributed by atoms with Gasteiger partial charge in [0.25, 0.3) is 0 Å². The molecule has 0 spiro atoms. The molecule has 0 N–H and O–H groups in total. The molecular formula is C11H8ClNO2. The van der Waals surface area contributed by atoms with Crippen molar-refractivity contribution in [3.8, 4) is 11.3 Å². The van der Waals surface area contributed by atoms with Gasteiger partial charge in [0, 0.05) is 10.6 Å². The fourth-order valence-corrected chi connectivity index (χ4v) is 1.55. The Morgan fingerprint density at radius 2 is 2.27 bits per heavy atom. The lowest BCUT2D eigenvalue weighted by atomic mass is 10.1. The van der Waals surface area contributed by atoms with Crippen LogP contribution in [0.2, 0.25) is 5.02 Å². The smallest absolute Gasteiger partial charge is 0.155 e. The number of aryl methyl sites for hydroxylation is 1. The van der Waals surface area contributed by atoms with Gasteiger partial charge in [0.05, 0.1) is 5.56 Å². The van der Waals surface area contributed by atoms with Gasteiger partial charge in [-0.3, -0.25) is 4.79 Å². The zero-order chi connectivity index (χ0) is 10.8. The maximum Gasteiger partial charge on any atom is 0.155 e. The molecule has 3 nitrogen and oxygen atoms in total. The summed E-state index contributed by atoms with van der Waals surface area (Å²) in [5.74, 6) is 0.514. The highest BCUT2D eigenvalue weighted by atomic mass is 35.5. The van der Waals surface area contributed by atoms with Crippen molar-refractivity contribution in [3.63, 3.8) is 0 Å². The Hall–Kier alpha value is -1.61. The van der Waals surface area contributed by atoms with Crippen molar-refractivity contribution in [1.82, 2.24) is 5.16 Å². The summed E-state index contributed by atoms with van der Waals surface area (Å²) in [6, 6.07) is 7.14. The van der Waals surface area contributed by atoms with E-state index >= 15 is 0 Å². The Bertz CT molecular complexity index is 505. The highest BCUT2D eigenvalue weighted by Crippen LogP contribution is 2.25. The number of aromatic nitrogens is 1. The number of nitrogens with zero attached hydrogens (tertiary/aromatic N) is 1. The van der Waals surface area contributed by atoms with E-state index in [9.17, 15) is 4.79 Å². The zero-order valence-corrected chi connectivity index (χ0v) is 8.78. The molecule has 0 aliphatic rings. The van der Waals surface area contributed by atoms with Crippen LogP contribution >= 0.6 is 11.6 Å². The molecule has 0 radical (unpaired) electrons. The normalized spacial score (nSPS) is 10.3. The molecule has 0 unspecified atom stereocenters. The topological polar surface area (TPSA) is 43.1 Å². The second-order valence-corrected chi connectivity index (χ2v) is 3.57. The van der Waals surface area contributed by atoms with E-state index in [4.69, 9.17) is 16.1 Å². The van der Waals surface area contributed by atoms with Crippen LogP contribution in [-0.2, 0) is 0 Å². The Morgan fingerprint density at radius 3 is 2.93 bits per heavy atom. The number of carbonyl (C=O) groups excluding carboxylic acids is 1. The van der Waals surface area contributed by atoms with Crippen LogP contribution in [0.4, 0.5) is 0 Å². The molecule has 0 bridgehead atoms. The van der Waals surface area contributed by atoms with E-state index in [-0.39, 0.29) is 0 Å². The number of halogens is 1. The molecule has 0 aliphatic heterocycles. The van der Waals surface area contributed by atoms with Crippen LogP contribution < -0.4 is 0 Å². The highest BCUT2D eigenvalue weighted by Gasteiger charge is 2.13. The summed E-state index contributed by atoms with van der Waals surface area (Å²) in [7, 11) is 0. The molecule has 1 heterocycles. The largest absolute Gasteiger partial charge is 0.360 e. The van der Waals surface area contributed by atoms with Gasteiger partial charge in [-0.2, -0.15) is 0 Å². The van der Waals surface area contributed by atoms with Crippen LogP contribution in [-0.4, -0.2) is 11.4 Å². The summed E-state index contributed by atoms with van der Waals surface area (Å²) in [6.45, 7) is 1.70. The second-order valence-electron chi connectivity index (χ2n) is 3.13. The molecule has 4 heteroatoms. The minimum absolute atomic E-state index is 0.470. The van der Waals surface area contributed by atoms with Crippen molar-refractivity contribution in [1.29, 1.82) is 0 Å². The number of hydrogen-bond acceptors (Lipinski definition) is 3. The van der Waals surface area contributed by atoms with Crippen molar-refractivity contribution in [2.75, 3.05) is 0 Å². The lowest BCUT2D eigenvalue weighted by Gasteiger charge is -1.97. The summed E-state index contributed by atoms with van der Waals surface area (Å²) >= 11 is 5.85. The van der Waals surface area contributed by atoms with Crippen molar-refractivity contribution in [2.24, 2.45) is 0 Å². The van der Waals surface area contributed by atoms with E-state index in [1.807, 2.05) is 6.07 Å². The molecule has 2 aromatic rings. The van der Waals surface area contributed by atoms with Crippen LogP contribution in [0.5, 0.6) is 0 Å². The monoisotopic (exact) mass is 221 g/mol. The minimum Gasteiger partial charge on any atom is -0.360 e. The van der Waals surface area contributed by atoms with E-state index < -0.39 is 0 Å². The van der Waals surface area contributed by atoms with Gasteiger partial charge in [0.15, 0.2) is 6.29 Å². The molecule has 0 saturated heterocycles. The molecule has 0 fully saturated rings. The van der Waals surface area contributed by atoms with E-state index in [2.05, 4.69) is 5.16 Å². The van der Waals surface area contributed by atoms with Gasteiger partial charge in [-0.1, -0.05) is 28.9 Å². The molecule has 1 aromatic carbocycles. The van der Waals surface area contributed by atoms with Gasteiger partial charge in [-0.05, 0) is 19.1 Å². The number of aldehydes is 1. The van der Waals surface area contributed by atoms with Gasteiger partial charge in [0.1, 0.15) is 11.5 Å². The number of benzene rings is 1. The van der Waals surface area contributed by atoms with E-state index in [1.165, 1.54) is 0 Å². The Balaban J connectivity index is 2.58. The molecule has 0 aliphatic carbocycles. The van der Waals surface area contributed by atoms with Gasteiger partial charge in [-0.15, -0.1) is 0 Å². The first-order valence-electron chi connectivity index (χ1n) is 4.40. The first kappa shape index (κ1) is 9.93. The molecule has 76 valence electrons. The molecule has 1 aromatic heterocycles. The molecule has 2 rings (SSSR count). The maximum absolute atomic E-state index is 10.8. The van der Waals surface area contributed by atoms with Crippen molar-refractivity contribution in [3.05, 3.63) is 40.6 Å². The van der Waals surface area contributed by atoms with Gasteiger partial charge >= 0.3 is 0 Å². The quantitative estimate of drug-likeness (QED) is 0.732. The third-order valence-electron chi connectivity index (χ3n) is 2.12.